The first kappa shape index (κ1) is 20.2. The molecule has 30 heavy (non-hydrogen) atoms. The minimum absolute atomic E-state index is 0.0346. The number of rotatable bonds is 6. The number of fused-ring (bicyclic) bond motifs is 1. The lowest BCUT2D eigenvalue weighted by atomic mass is 10.2. The van der Waals surface area contributed by atoms with Gasteiger partial charge in [0.05, 0.1) is 24.7 Å². The molecule has 1 fully saturated rings. The Morgan fingerprint density at radius 2 is 1.80 bits per heavy atom. The van der Waals surface area contributed by atoms with Crippen LogP contribution in [0.2, 0.25) is 0 Å². The Morgan fingerprint density at radius 3 is 2.50 bits per heavy atom. The van der Waals surface area contributed by atoms with Crippen LogP contribution in [-0.4, -0.2) is 52.1 Å². The lowest BCUT2D eigenvalue weighted by molar-refractivity contribution is 0.0285. The van der Waals surface area contributed by atoms with Crippen molar-refractivity contribution >= 4 is 32.6 Å². The number of carbonyl (C=O) groups excluding carboxylic acids is 1. The van der Waals surface area contributed by atoms with E-state index in [2.05, 4.69) is 4.72 Å². The van der Waals surface area contributed by atoms with Gasteiger partial charge in [-0.25, -0.2) is 8.42 Å². The molecule has 1 saturated heterocycles. The molecule has 1 aliphatic rings. The molecule has 0 bridgehead atoms. The maximum Gasteiger partial charge on any atom is 0.291 e. The van der Waals surface area contributed by atoms with Crippen molar-refractivity contribution in [3.05, 3.63) is 54.3 Å². The summed E-state index contributed by atoms with van der Waals surface area (Å²) in [6, 6.07) is 13.0. The number of ether oxygens (including phenoxy) is 2. The van der Waals surface area contributed by atoms with E-state index in [0.717, 1.165) is 0 Å². The Bertz CT molecular complexity index is 1150. The van der Waals surface area contributed by atoms with E-state index in [0.29, 0.717) is 49.6 Å². The van der Waals surface area contributed by atoms with Crippen LogP contribution >= 0.6 is 0 Å². The van der Waals surface area contributed by atoms with Crippen LogP contribution in [0.25, 0.3) is 11.0 Å². The zero-order valence-electron chi connectivity index (χ0n) is 16.5. The predicted octanol–water partition coefficient (Wildman–Crippen LogP) is 3.10. The molecule has 0 unspecified atom stereocenters. The normalized spacial score (nSPS) is 14.6. The van der Waals surface area contributed by atoms with E-state index in [1.807, 2.05) is 6.92 Å². The first-order valence-electron chi connectivity index (χ1n) is 9.64. The quantitative estimate of drug-likeness (QED) is 0.645. The summed E-state index contributed by atoms with van der Waals surface area (Å²) in [7, 11) is -3.95. The number of carbonyl (C=O) groups is 1. The number of para-hydroxylation sites is 1. The van der Waals surface area contributed by atoms with Crippen LogP contribution in [0.4, 0.5) is 5.69 Å². The average molecular weight is 430 g/mol. The first-order chi connectivity index (χ1) is 14.5. The molecule has 158 valence electrons. The molecule has 0 saturated carbocycles. The van der Waals surface area contributed by atoms with Gasteiger partial charge in [0, 0.05) is 18.5 Å². The molecule has 3 aromatic rings. The maximum absolute atomic E-state index is 13.1. The van der Waals surface area contributed by atoms with Crippen LogP contribution < -0.4 is 9.46 Å². The second kappa shape index (κ2) is 8.37. The number of benzene rings is 2. The monoisotopic (exact) mass is 430 g/mol. The van der Waals surface area contributed by atoms with Gasteiger partial charge < -0.3 is 18.8 Å². The number of nitrogens with zero attached hydrogens (tertiary/aromatic N) is 1. The summed E-state index contributed by atoms with van der Waals surface area (Å²) in [5, 5.41) is 0.517. The largest absolute Gasteiger partial charge is 0.494 e. The van der Waals surface area contributed by atoms with Crippen LogP contribution in [0.1, 0.15) is 17.5 Å². The number of furan rings is 1. The molecule has 1 N–H and O–H groups in total. The summed E-state index contributed by atoms with van der Waals surface area (Å²) in [5.74, 6) is 0.167. The number of sulfonamides is 1. The zero-order valence-corrected chi connectivity index (χ0v) is 17.3. The number of hydrogen-bond acceptors (Lipinski definition) is 6. The molecule has 1 aliphatic heterocycles. The third-order valence-electron chi connectivity index (χ3n) is 4.77. The zero-order chi connectivity index (χ0) is 21.1. The highest BCUT2D eigenvalue weighted by Crippen LogP contribution is 2.33. The van der Waals surface area contributed by atoms with Crippen molar-refractivity contribution in [1.82, 2.24) is 4.90 Å². The summed E-state index contributed by atoms with van der Waals surface area (Å²) < 4.78 is 45.0. The van der Waals surface area contributed by atoms with Crippen molar-refractivity contribution in [2.45, 2.75) is 11.8 Å². The number of morpholine rings is 1. The molecule has 9 heteroatoms. The van der Waals surface area contributed by atoms with Crippen molar-refractivity contribution in [2.75, 3.05) is 37.6 Å². The van der Waals surface area contributed by atoms with E-state index >= 15 is 0 Å². The number of anilines is 1. The molecule has 0 atom stereocenters. The fourth-order valence-corrected chi connectivity index (χ4v) is 4.37. The Morgan fingerprint density at radius 1 is 1.10 bits per heavy atom. The minimum Gasteiger partial charge on any atom is -0.494 e. The molecule has 4 rings (SSSR count). The van der Waals surface area contributed by atoms with Gasteiger partial charge in [-0.1, -0.05) is 12.1 Å². The van der Waals surface area contributed by atoms with Crippen molar-refractivity contribution in [2.24, 2.45) is 0 Å². The Hall–Kier alpha value is -3.04. The third kappa shape index (κ3) is 3.99. The molecule has 1 aromatic heterocycles. The van der Waals surface area contributed by atoms with E-state index < -0.39 is 10.0 Å². The summed E-state index contributed by atoms with van der Waals surface area (Å²) >= 11 is 0. The first-order valence-corrected chi connectivity index (χ1v) is 11.1. The number of amides is 1. The lowest BCUT2D eigenvalue weighted by Gasteiger charge is -2.26. The second-order valence-corrected chi connectivity index (χ2v) is 8.40. The molecule has 2 heterocycles. The van der Waals surface area contributed by atoms with Crippen molar-refractivity contribution in [3.8, 4) is 5.75 Å². The average Bonchev–Trinajstić information content (AvgIpc) is 3.12. The van der Waals surface area contributed by atoms with E-state index in [9.17, 15) is 13.2 Å². The topological polar surface area (TPSA) is 98.1 Å². The standard InChI is InChI=1S/C21H22N2O6S/c1-2-28-15-7-9-16(10-8-15)30(25,26)22-19-17-5-3-4-6-18(17)29-20(19)21(24)23-11-13-27-14-12-23/h3-10,22H,2,11-14H2,1H3. The van der Waals surface area contributed by atoms with Crippen LogP contribution in [0, 0.1) is 0 Å². The SMILES string of the molecule is CCOc1ccc(S(=O)(=O)Nc2c(C(=O)N3CCOCC3)oc3ccccc23)cc1. The van der Waals surface area contributed by atoms with E-state index in [1.165, 1.54) is 12.1 Å². The molecule has 2 aromatic carbocycles. The van der Waals surface area contributed by atoms with Crippen LogP contribution in [0.5, 0.6) is 5.75 Å². The molecule has 0 spiro atoms. The highest BCUT2D eigenvalue weighted by Gasteiger charge is 2.29. The fourth-order valence-electron chi connectivity index (χ4n) is 3.28. The minimum atomic E-state index is -3.95. The van der Waals surface area contributed by atoms with E-state index in [4.69, 9.17) is 13.9 Å². The van der Waals surface area contributed by atoms with Gasteiger partial charge in [-0.3, -0.25) is 9.52 Å². The van der Waals surface area contributed by atoms with Gasteiger partial charge in [0.15, 0.2) is 0 Å². The van der Waals surface area contributed by atoms with Gasteiger partial charge in [0.25, 0.3) is 15.9 Å². The van der Waals surface area contributed by atoms with Gasteiger partial charge in [-0.2, -0.15) is 0 Å². The molecule has 1 amide bonds. The molecule has 0 aliphatic carbocycles. The third-order valence-corrected chi connectivity index (χ3v) is 6.14. The van der Waals surface area contributed by atoms with Crippen molar-refractivity contribution in [1.29, 1.82) is 0 Å². The van der Waals surface area contributed by atoms with Gasteiger partial charge in [0.2, 0.25) is 5.76 Å². The smallest absolute Gasteiger partial charge is 0.291 e. The number of hydrogen-bond donors (Lipinski definition) is 1. The Kier molecular flexibility index (Phi) is 5.65. The van der Waals surface area contributed by atoms with Crippen LogP contribution in [-0.2, 0) is 14.8 Å². The van der Waals surface area contributed by atoms with Gasteiger partial charge in [-0.15, -0.1) is 0 Å². The predicted molar refractivity (Wildman–Crippen MR) is 111 cm³/mol. The van der Waals surface area contributed by atoms with Crippen LogP contribution in [0.15, 0.2) is 57.8 Å². The molecular formula is C21H22N2O6S. The molecular weight excluding hydrogens is 408 g/mol. The van der Waals surface area contributed by atoms with Crippen molar-refractivity contribution in [3.63, 3.8) is 0 Å². The van der Waals surface area contributed by atoms with Gasteiger partial charge >= 0.3 is 0 Å². The van der Waals surface area contributed by atoms with E-state index in [1.54, 1.807) is 41.3 Å². The fraction of sp³-hybridized carbons (Fsp3) is 0.286. The van der Waals surface area contributed by atoms with Crippen LogP contribution in [0.3, 0.4) is 0 Å². The van der Waals surface area contributed by atoms with Crippen molar-refractivity contribution < 1.29 is 27.1 Å². The van der Waals surface area contributed by atoms with Gasteiger partial charge in [-0.05, 0) is 43.3 Å². The highest BCUT2D eigenvalue weighted by atomic mass is 32.2. The molecule has 8 nitrogen and oxygen atoms in total. The van der Waals surface area contributed by atoms with E-state index in [-0.39, 0.29) is 22.3 Å². The maximum atomic E-state index is 13.1. The summed E-state index contributed by atoms with van der Waals surface area (Å²) in [5.41, 5.74) is 0.564. The molecule has 0 radical (unpaired) electrons. The summed E-state index contributed by atoms with van der Waals surface area (Å²) in [6.45, 7) is 4.03. The summed E-state index contributed by atoms with van der Waals surface area (Å²) in [4.78, 5) is 14.7. The Labute approximate surface area is 174 Å². The second-order valence-electron chi connectivity index (χ2n) is 6.72. The highest BCUT2D eigenvalue weighted by molar-refractivity contribution is 7.92. The Balaban J connectivity index is 1.71. The number of nitrogens with one attached hydrogen (secondary N) is 1. The lowest BCUT2D eigenvalue weighted by Crippen LogP contribution is -2.40. The summed E-state index contributed by atoms with van der Waals surface area (Å²) in [6.07, 6.45) is 0. The van der Waals surface area contributed by atoms with Gasteiger partial charge in [0.1, 0.15) is 17.0 Å².